The summed E-state index contributed by atoms with van der Waals surface area (Å²) in [6, 6.07) is 0. The molecule has 3 aliphatic heterocycles. The highest BCUT2D eigenvalue weighted by atomic mass is 31.2. The van der Waals surface area contributed by atoms with E-state index in [1.807, 2.05) is 0 Å². The highest BCUT2D eigenvalue weighted by Crippen LogP contribution is 2.30. The summed E-state index contributed by atoms with van der Waals surface area (Å²) in [6.45, 7) is 19.3. The van der Waals surface area contributed by atoms with Gasteiger partial charge in [0.05, 0.1) is 39.6 Å². The number of ether oxygens (including phenoxy) is 3. The second-order valence-corrected chi connectivity index (χ2v) is 8.78. The molecule has 3 rings (SSSR count). The minimum Gasteiger partial charge on any atom is -0.380 e. The standard InChI is InChI=1S/3C6H12O.H3O3P/c3*1-3-6(2)4-7-5-6;1-4(2)3/h3*3-5H2,1-2H3;1-3H. The molecule has 3 heterocycles. The van der Waals surface area contributed by atoms with E-state index in [2.05, 4.69) is 41.5 Å². The smallest absolute Gasteiger partial charge is 0.324 e. The largest absolute Gasteiger partial charge is 0.380 e. The SMILES string of the molecule is CCC1(C)COC1.CCC1(C)COC1.CCC1(C)COC1.OP(O)O. The number of rotatable bonds is 3. The molecule has 3 fully saturated rings. The van der Waals surface area contributed by atoms with Crippen LogP contribution in [-0.4, -0.2) is 54.3 Å². The maximum Gasteiger partial charge on any atom is 0.324 e. The van der Waals surface area contributed by atoms with Crippen LogP contribution in [0.1, 0.15) is 60.8 Å². The normalized spacial score (nSPS) is 23.8. The Hall–Kier alpha value is 0.190. The maximum atomic E-state index is 7.23. The minimum atomic E-state index is -2.62. The number of hydrogen-bond donors (Lipinski definition) is 3. The van der Waals surface area contributed by atoms with E-state index in [0.29, 0.717) is 16.2 Å². The van der Waals surface area contributed by atoms with Crippen molar-refractivity contribution < 1.29 is 28.9 Å². The highest BCUT2D eigenvalue weighted by Gasteiger charge is 2.31. The number of hydrogen-bond acceptors (Lipinski definition) is 6. The van der Waals surface area contributed by atoms with Gasteiger partial charge in [-0.15, -0.1) is 0 Å². The summed E-state index contributed by atoms with van der Waals surface area (Å²) in [5.74, 6) is 0. The fraction of sp³-hybridized carbons (Fsp3) is 1.00. The van der Waals surface area contributed by atoms with Crippen molar-refractivity contribution in [1.82, 2.24) is 0 Å². The molecule has 7 heteroatoms. The van der Waals surface area contributed by atoms with Gasteiger partial charge >= 0.3 is 8.60 Å². The molecule has 3 N–H and O–H groups in total. The van der Waals surface area contributed by atoms with Crippen LogP contribution in [0.15, 0.2) is 0 Å². The van der Waals surface area contributed by atoms with E-state index >= 15 is 0 Å². The Morgan fingerprint density at radius 3 is 0.760 bits per heavy atom. The second kappa shape index (κ2) is 11.8. The molecule has 25 heavy (non-hydrogen) atoms. The van der Waals surface area contributed by atoms with Crippen molar-refractivity contribution in [3.63, 3.8) is 0 Å². The Balaban J connectivity index is 0.000000314. The summed E-state index contributed by atoms with van der Waals surface area (Å²) in [6.07, 6.45) is 3.77. The summed E-state index contributed by atoms with van der Waals surface area (Å²) in [7, 11) is -2.62. The molecule has 0 aromatic carbocycles. The Labute approximate surface area is 154 Å². The molecular formula is C18H39O6P. The van der Waals surface area contributed by atoms with Crippen LogP contribution in [0, 0.1) is 16.2 Å². The Kier molecular flexibility index (Phi) is 11.9. The maximum absolute atomic E-state index is 7.23. The summed E-state index contributed by atoms with van der Waals surface area (Å²) < 4.78 is 15.1. The zero-order valence-corrected chi connectivity index (χ0v) is 17.8. The molecule has 3 saturated heterocycles. The zero-order valence-electron chi connectivity index (χ0n) is 16.9. The molecule has 0 aromatic heterocycles. The molecule has 0 bridgehead atoms. The van der Waals surface area contributed by atoms with Crippen LogP contribution in [0.4, 0.5) is 0 Å². The Bertz CT molecular complexity index is 272. The lowest BCUT2D eigenvalue weighted by atomic mass is 9.86. The van der Waals surface area contributed by atoms with E-state index < -0.39 is 8.60 Å². The van der Waals surface area contributed by atoms with Gasteiger partial charge < -0.3 is 28.9 Å². The van der Waals surface area contributed by atoms with E-state index in [0.717, 1.165) is 39.6 Å². The minimum absolute atomic E-state index is 0.542. The van der Waals surface area contributed by atoms with Gasteiger partial charge in [0.15, 0.2) is 0 Å². The molecular weight excluding hydrogens is 343 g/mol. The quantitative estimate of drug-likeness (QED) is 0.648. The van der Waals surface area contributed by atoms with Gasteiger partial charge in [-0.2, -0.15) is 0 Å². The van der Waals surface area contributed by atoms with Gasteiger partial charge in [0.25, 0.3) is 0 Å². The monoisotopic (exact) mass is 382 g/mol. The predicted molar refractivity (Wildman–Crippen MR) is 101 cm³/mol. The molecule has 0 aliphatic carbocycles. The van der Waals surface area contributed by atoms with E-state index in [4.69, 9.17) is 28.9 Å². The molecule has 0 aromatic rings. The van der Waals surface area contributed by atoms with Crippen LogP contribution in [0.5, 0.6) is 0 Å². The fourth-order valence-corrected chi connectivity index (χ4v) is 1.96. The van der Waals surface area contributed by atoms with Gasteiger partial charge in [0.2, 0.25) is 0 Å². The summed E-state index contributed by atoms with van der Waals surface area (Å²) in [5, 5.41) is 0. The van der Waals surface area contributed by atoms with Gasteiger partial charge in [0.1, 0.15) is 0 Å². The highest BCUT2D eigenvalue weighted by molar-refractivity contribution is 7.38. The molecule has 0 saturated carbocycles. The average molecular weight is 382 g/mol. The van der Waals surface area contributed by atoms with E-state index in [1.54, 1.807) is 0 Å². The summed E-state index contributed by atoms with van der Waals surface area (Å²) in [4.78, 5) is 21.7. The van der Waals surface area contributed by atoms with Gasteiger partial charge in [-0.25, -0.2) is 0 Å². The average Bonchev–Trinajstić information content (AvgIpc) is 2.48. The van der Waals surface area contributed by atoms with Crippen LogP contribution in [0.3, 0.4) is 0 Å². The van der Waals surface area contributed by atoms with Crippen molar-refractivity contribution in [2.45, 2.75) is 60.8 Å². The molecule has 0 spiro atoms. The van der Waals surface area contributed by atoms with Crippen molar-refractivity contribution >= 4 is 8.60 Å². The molecule has 0 radical (unpaired) electrons. The summed E-state index contributed by atoms with van der Waals surface area (Å²) in [5.41, 5.74) is 1.63. The molecule has 3 aliphatic rings. The first-order valence-electron chi connectivity index (χ1n) is 9.14. The van der Waals surface area contributed by atoms with Gasteiger partial charge in [-0.1, -0.05) is 41.5 Å². The Morgan fingerprint density at radius 2 is 0.760 bits per heavy atom. The van der Waals surface area contributed by atoms with Crippen LogP contribution in [-0.2, 0) is 14.2 Å². The topological polar surface area (TPSA) is 88.4 Å². The molecule has 0 unspecified atom stereocenters. The molecule has 0 atom stereocenters. The first-order valence-corrected chi connectivity index (χ1v) is 10.3. The lowest BCUT2D eigenvalue weighted by molar-refractivity contribution is -0.103. The fourth-order valence-electron chi connectivity index (χ4n) is 1.96. The van der Waals surface area contributed by atoms with Gasteiger partial charge in [-0.05, 0) is 19.3 Å². The van der Waals surface area contributed by atoms with Crippen LogP contribution < -0.4 is 0 Å². The summed E-state index contributed by atoms with van der Waals surface area (Å²) >= 11 is 0. The van der Waals surface area contributed by atoms with E-state index in [-0.39, 0.29) is 0 Å². The zero-order chi connectivity index (χ0) is 19.6. The third-order valence-corrected chi connectivity index (χ3v) is 5.26. The van der Waals surface area contributed by atoms with Gasteiger partial charge in [-0.3, -0.25) is 0 Å². The molecule has 152 valence electrons. The third-order valence-electron chi connectivity index (χ3n) is 5.26. The van der Waals surface area contributed by atoms with E-state index in [1.165, 1.54) is 19.3 Å². The van der Waals surface area contributed by atoms with E-state index in [9.17, 15) is 0 Å². The van der Waals surface area contributed by atoms with Crippen molar-refractivity contribution in [1.29, 1.82) is 0 Å². The van der Waals surface area contributed by atoms with Gasteiger partial charge in [0, 0.05) is 16.2 Å². The third kappa shape index (κ3) is 10.8. The van der Waals surface area contributed by atoms with Crippen molar-refractivity contribution in [3.8, 4) is 0 Å². The Morgan fingerprint density at radius 1 is 0.600 bits per heavy atom. The first kappa shape index (κ1) is 25.2. The van der Waals surface area contributed by atoms with Crippen molar-refractivity contribution in [2.24, 2.45) is 16.2 Å². The lowest BCUT2D eigenvalue weighted by Gasteiger charge is -2.36. The lowest BCUT2D eigenvalue weighted by Crippen LogP contribution is -2.38. The van der Waals surface area contributed by atoms with Crippen LogP contribution in [0.25, 0.3) is 0 Å². The first-order chi connectivity index (χ1) is 11.5. The van der Waals surface area contributed by atoms with Crippen LogP contribution in [0.2, 0.25) is 0 Å². The molecule has 0 amide bonds. The molecule has 6 nitrogen and oxygen atoms in total. The van der Waals surface area contributed by atoms with Crippen LogP contribution >= 0.6 is 8.60 Å². The second-order valence-electron chi connectivity index (χ2n) is 8.24. The van der Waals surface area contributed by atoms with Crippen molar-refractivity contribution in [3.05, 3.63) is 0 Å². The van der Waals surface area contributed by atoms with Crippen molar-refractivity contribution in [2.75, 3.05) is 39.6 Å². The predicted octanol–water partition coefficient (Wildman–Crippen LogP) is 3.49.